The van der Waals surface area contributed by atoms with Gasteiger partial charge in [-0.15, -0.1) is 0 Å². The van der Waals surface area contributed by atoms with Crippen LogP contribution in [0.4, 0.5) is 0 Å². The number of nitrogens with one attached hydrogen (secondary N) is 1. The van der Waals surface area contributed by atoms with Crippen molar-refractivity contribution >= 4 is 0 Å². The van der Waals surface area contributed by atoms with E-state index in [9.17, 15) is 0 Å². The molecule has 2 rings (SSSR count). The van der Waals surface area contributed by atoms with E-state index in [0.717, 1.165) is 19.4 Å². The number of aryl methyl sites for hydroxylation is 2. The quantitative estimate of drug-likeness (QED) is 0.807. The summed E-state index contributed by atoms with van der Waals surface area (Å²) in [6, 6.07) is 17.8. The van der Waals surface area contributed by atoms with E-state index in [1.165, 1.54) is 22.3 Å². The van der Waals surface area contributed by atoms with Gasteiger partial charge in [0.2, 0.25) is 0 Å². The Morgan fingerprint density at radius 2 is 1.70 bits per heavy atom. The third-order valence-corrected chi connectivity index (χ3v) is 4.04. The van der Waals surface area contributed by atoms with Crippen molar-refractivity contribution < 1.29 is 0 Å². The number of benzene rings is 2. The van der Waals surface area contributed by atoms with Crippen molar-refractivity contribution in [3.05, 3.63) is 70.8 Å². The summed E-state index contributed by atoms with van der Waals surface area (Å²) in [5.41, 5.74) is 5.67. The van der Waals surface area contributed by atoms with Crippen LogP contribution >= 0.6 is 0 Å². The van der Waals surface area contributed by atoms with Gasteiger partial charge in [0.1, 0.15) is 0 Å². The lowest BCUT2D eigenvalue weighted by Crippen LogP contribution is -2.22. The van der Waals surface area contributed by atoms with E-state index < -0.39 is 0 Å². The van der Waals surface area contributed by atoms with Crippen molar-refractivity contribution in [2.45, 2.75) is 39.7 Å². The Kier molecular flexibility index (Phi) is 5.37. The van der Waals surface area contributed by atoms with E-state index in [1.807, 2.05) is 0 Å². The topological polar surface area (TPSA) is 12.0 Å². The Bertz CT molecular complexity index is 531. The van der Waals surface area contributed by atoms with Crippen molar-refractivity contribution in [3.8, 4) is 0 Å². The van der Waals surface area contributed by atoms with E-state index in [4.69, 9.17) is 0 Å². The maximum Gasteiger partial charge on any atom is 0.0326 e. The van der Waals surface area contributed by atoms with Gasteiger partial charge < -0.3 is 5.32 Å². The summed E-state index contributed by atoms with van der Waals surface area (Å²) in [5, 5.41) is 3.64. The van der Waals surface area contributed by atoms with Crippen LogP contribution in [0.3, 0.4) is 0 Å². The predicted molar refractivity (Wildman–Crippen MR) is 87.1 cm³/mol. The zero-order valence-corrected chi connectivity index (χ0v) is 12.8. The fourth-order valence-electron chi connectivity index (χ4n) is 2.72. The first kappa shape index (κ1) is 14.8. The van der Waals surface area contributed by atoms with Gasteiger partial charge in [0, 0.05) is 6.04 Å². The SMILES string of the molecule is CCNC(CCc1ccccc1)c1cccc(C)c1C. The van der Waals surface area contributed by atoms with Gasteiger partial charge >= 0.3 is 0 Å². The van der Waals surface area contributed by atoms with Crippen molar-refractivity contribution in [1.29, 1.82) is 0 Å². The lowest BCUT2D eigenvalue weighted by atomic mass is 9.93. The molecule has 106 valence electrons. The van der Waals surface area contributed by atoms with Crippen molar-refractivity contribution in [1.82, 2.24) is 5.32 Å². The van der Waals surface area contributed by atoms with Gasteiger partial charge in [-0.2, -0.15) is 0 Å². The molecule has 0 aliphatic carbocycles. The van der Waals surface area contributed by atoms with Gasteiger partial charge in [-0.05, 0) is 55.5 Å². The van der Waals surface area contributed by atoms with E-state index >= 15 is 0 Å². The fourth-order valence-corrected chi connectivity index (χ4v) is 2.72. The highest BCUT2D eigenvalue weighted by molar-refractivity contribution is 5.35. The monoisotopic (exact) mass is 267 g/mol. The third kappa shape index (κ3) is 3.71. The Balaban J connectivity index is 2.12. The van der Waals surface area contributed by atoms with Gasteiger partial charge in [-0.25, -0.2) is 0 Å². The Morgan fingerprint density at radius 1 is 0.950 bits per heavy atom. The molecule has 1 heteroatoms. The standard InChI is InChI=1S/C19H25N/c1-4-20-19(14-13-17-10-6-5-7-11-17)18-12-8-9-15(2)16(18)3/h5-12,19-20H,4,13-14H2,1-3H3. The molecule has 0 radical (unpaired) electrons. The molecule has 1 N–H and O–H groups in total. The Morgan fingerprint density at radius 3 is 2.40 bits per heavy atom. The number of hydrogen-bond donors (Lipinski definition) is 1. The van der Waals surface area contributed by atoms with E-state index in [0.29, 0.717) is 6.04 Å². The zero-order valence-electron chi connectivity index (χ0n) is 12.8. The molecule has 1 unspecified atom stereocenters. The predicted octanol–water partition coefficient (Wildman–Crippen LogP) is 4.59. The van der Waals surface area contributed by atoms with Gasteiger partial charge in [0.25, 0.3) is 0 Å². The molecule has 1 nitrogen and oxygen atoms in total. The molecule has 0 heterocycles. The van der Waals surface area contributed by atoms with Crippen LogP contribution in [0.5, 0.6) is 0 Å². The highest BCUT2D eigenvalue weighted by atomic mass is 14.9. The van der Waals surface area contributed by atoms with Crippen LogP contribution in [0.1, 0.15) is 41.6 Å². The van der Waals surface area contributed by atoms with Gasteiger partial charge in [-0.3, -0.25) is 0 Å². The van der Waals surface area contributed by atoms with Crippen LogP contribution in [0.2, 0.25) is 0 Å². The van der Waals surface area contributed by atoms with Gasteiger partial charge in [0.05, 0.1) is 0 Å². The normalized spacial score (nSPS) is 12.3. The summed E-state index contributed by atoms with van der Waals surface area (Å²) < 4.78 is 0. The van der Waals surface area contributed by atoms with Crippen LogP contribution in [0.25, 0.3) is 0 Å². The number of rotatable bonds is 6. The first-order valence-corrected chi connectivity index (χ1v) is 7.55. The second kappa shape index (κ2) is 7.25. The Hall–Kier alpha value is -1.60. The second-order valence-corrected chi connectivity index (χ2v) is 5.42. The minimum absolute atomic E-state index is 0.445. The molecule has 20 heavy (non-hydrogen) atoms. The lowest BCUT2D eigenvalue weighted by Gasteiger charge is -2.21. The summed E-state index contributed by atoms with van der Waals surface area (Å²) in [6.45, 7) is 7.62. The molecular formula is C19H25N. The maximum atomic E-state index is 3.64. The summed E-state index contributed by atoms with van der Waals surface area (Å²) in [5.74, 6) is 0. The average Bonchev–Trinajstić information content (AvgIpc) is 2.48. The molecule has 1 atom stereocenters. The van der Waals surface area contributed by atoms with Crippen molar-refractivity contribution in [3.63, 3.8) is 0 Å². The molecule has 0 amide bonds. The summed E-state index contributed by atoms with van der Waals surface area (Å²) in [7, 11) is 0. The lowest BCUT2D eigenvalue weighted by molar-refractivity contribution is 0.513. The van der Waals surface area contributed by atoms with Gasteiger partial charge in [-0.1, -0.05) is 55.5 Å². The smallest absolute Gasteiger partial charge is 0.0326 e. The van der Waals surface area contributed by atoms with Crippen LogP contribution in [-0.4, -0.2) is 6.54 Å². The van der Waals surface area contributed by atoms with Crippen molar-refractivity contribution in [2.24, 2.45) is 0 Å². The average molecular weight is 267 g/mol. The fraction of sp³-hybridized carbons (Fsp3) is 0.368. The summed E-state index contributed by atoms with van der Waals surface area (Å²) >= 11 is 0. The van der Waals surface area contributed by atoms with Crippen LogP contribution in [0.15, 0.2) is 48.5 Å². The van der Waals surface area contributed by atoms with Gasteiger partial charge in [0.15, 0.2) is 0 Å². The second-order valence-electron chi connectivity index (χ2n) is 5.42. The van der Waals surface area contributed by atoms with Crippen molar-refractivity contribution in [2.75, 3.05) is 6.54 Å². The minimum atomic E-state index is 0.445. The largest absolute Gasteiger partial charge is 0.310 e. The molecule has 2 aromatic rings. The molecule has 0 saturated carbocycles. The van der Waals surface area contributed by atoms with Crippen LogP contribution in [-0.2, 0) is 6.42 Å². The molecule has 0 aliphatic rings. The molecular weight excluding hydrogens is 242 g/mol. The van der Waals surface area contributed by atoms with E-state index in [-0.39, 0.29) is 0 Å². The highest BCUT2D eigenvalue weighted by Gasteiger charge is 2.13. The first-order chi connectivity index (χ1) is 9.72. The maximum absolute atomic E-state index is 3.64. The molecule has 0 aliphatic heterocycles. The molecule has 0 bridgehead atoms. The molecule has 0 saturated heterocycles. The minimum Gasteiger partial charge on any atom is -0.310 e. The van der Waals surface area contributed by atoms with Crippen LogP contribution < -0.4 is 5.32 Å². The summed E-state index contributed by atoms with van der Waals surface area (Å²) in [4.78, 5) is 0. The molecule has 0 aromatic heterocycles. The van der Waals surface area contributed by atoms with E-state index in [2.05, 4.69) is 74.6 Å². The van der Waals surface area contributed by atoms with Crippen LogP contribution in [0, 0.1) is 13.8 Å². The molecule has 0 spiro atoms. The summed E-state index contributed by atoms with van der Waals surface area (Å²) in [6.07, 6.45) is 2.26. The zero-order chi connectivity index (χ0) is 14.4. The highest BCUT2D eigenvalue weighted by Crippen LogP contribution is 2.24. The first-order valence-electron chi connectivity index (χ1n) is 7.55. The number of hydrogen-bond acceptors (Lipinski definition) is 1. The third-order valence-electron chi connectivity index (χ3n) is 4.04. The molecule has 2 aromatic carbocycles. The molecule has 0 fully saturated rings. The Labute approximate surface area is 123 Å². The van der Waals surface area contributed by atoms with E-state index in [1.54, 1.807) is 0 Å².